The van der Waals surface area contributed by atoms with Gasteiger partial charge in [0.15, 0.2) is 0 Å². The molecule has 0 radical (unpaired) electrons. The summed E-state index contributed by atoms with van der Waals surface area (Å²) >= 11 is 2.89. The van der Waals surface area contributed by atoms with Gasteiger partial charge in [-0.2, -0.15) is 5.26 Å². The first-order chi connectivity index (χ1) is 6.60. The van der Waals surface area contributed by atoms with E-state index in [1.54, 1.807) is 6.07 Å². The van der Waals surface area contributed by atoms with Gasteiger partial charge in [0.05, 0.1) is 11.1 Å². The summed E-state index contributed by atoms with van der Waals surface area (Å²) in [6.07, 6.45) is -2.78. The van der Waals surface area contributed by atoms with Crippen LogP contribution in [0.1, 0.15) is 23.4 Å². The fraction of sp³-hybridized carbons (Fsp3) is 0.250. The smallest absolute Gasteiger partial charge is 0.281 e. The van der Waals surface area contributed by atoms with Crippen LogP contribution in [-0.2, 0) is 6.61 Å². The van der Waals surface area contributed by atoms with Crippen molar-refractivity contribution in [2.45, 2.75) is 13.0 Å². The zero-order chi connectivity index (χ0) is 10.7. The minimum Gasteiger partial charge on any atom is -0.392 e. The Kier molecular flexibility index (Phi) is 3.49. The van der Waals surface area contributed by atoms with Gasteiger partial charge in [-0.3, -0.25) is 0 Å². The molecular formula is C8H5BrF2N2O. The molecule has 0 atom stereocenters. The van der Waals surface area contributed by atoms with Crippen LogP contribution in [0.15, 0.2) is 10.5 Å². The van der Waals surface area contributed by atoms with E-state index in [2.05, 4.69) is 20.9 Å². The lowest BCUT2D eigenvalue weighted by Crippen LogP contribution is -1.99. The van der Waals surface area contributed by atoms with E-state index in [9.17, 15) is 8.78 Å². The third kappa shape index (κ3) is 2.05. The van der Waals surface area contributed by atoms with Crippen LogP contribution in [0.3, 0.4) is 0 Å². The second kappa shape index (κ2) is 4.44. The number of nitriles is 1. The van der Waals surface area contributed by atoms with Crippen LogP contribution in [0.4, 0.5) is 8.78 Å². The first kappa shape index (κ1) is 11.0. The van der Waals surface area contributed by atoms with Gasteiger partial charge in [-0.25, -0.2) is 13.8 Å². The number of aliphatic hydroxyl groups excluding tert-OH is 1. The van der Waals surface area contributed by atoms with E-state index >= 15 is 0 Å². The van der Waals surface area contributed by atoms with Gasteiger partial charge in [0.1, 0.15) is 17.5 Å². The van der Waals surface area contributed by atoms with Gasteiger partial charge in [-0.15, -0.1) is 0 Å². The lowest BCUT2D eigenvalue weighted by atomic mass is 10.2. The Morgan fingerprint density at radius 1 is 1.64 bits per heavy atom. The van der Waals surface area contributed by atoms with Crippen LogP contribution in [0, 0.1) is 11.3 Å². The number of aliphatic hydroxyl groups is 1. The van der Waals surface area contributed by atoms with Crippen LogP contribution < -0.4 is 0 Å². The van der Waals surface area contributed by atoms with E-state index in [0.717, 1.165) is 0 Å². The minimum atomic E-state index is -2.78. The SMILES string of the molecule is N#Cc1cc(CO)c(Br)c(C(F)F)n1. The van der Waals surface area contributed by atoms with Crippen LogP contribution in [-0.4, -0.2) is 10.1 Å². The highest BCUT2D eigenvalue weighted by Crippen LogP contribution is 2.29. The zero-order valence-corrected chi connectivity index (χ0v) is 8.42. The van der Waals surface area contributed by atoms with E-state index in [0.29, 0.717) is 0 Å². The molecule has 0 aliphatic heterocycles. The number of halogens is 3. The third-order valence-corrected chi connectivity index (χ3v) is 2.47. The Bertz CT molecular complexity index is 390. The maximum atomic E-state index is 12.4. The van der Waals surface area contributed by atoms with Gasteiger partial charge in [0, 0.05) is 0 Å². The molecule has 0 amide bonds. The van der Waals surface area contributed by atoms with Gasteiger partial charge >= 0.3 is 0 Å². The normalized spacial score (nSPS) is 10.3. The van der Waals surface area contributed by atoms with Crippen LogP contribution in [0.5, 0.6) is 0 Å². The van der Waals surface area contributed by atoms with Crippen LogP contribution >= 0.6 is 15.9 Å². The molecule has 14 heavy (non-hydrogen) atoms. The number of aromatic nitrogens is 1. The molecule has 0 saturated heterocycles. The standard InChI is InChI=1S/C8H5BrF2N2O/c9-6-4(3-14)1-5(2-12)13-7(6)8(10)11/h1,8,14H,3H2. The summed E-state index contributed by atoms with van der Waals surface area (Å²) in [4.78, 5) is 3.43. The molecule has 6 heteroatoms. The number of hydrogen-bond donors (Lipinski definition) is 1. The van der Waals surface area contributed by atoms with Crippen molar-refractivity contribution >= 4 is 15.9 Å². The van der Waals surface area contributed by atoms with Crippen LogP contribution in [0.25, 0.3) is 0 Å². The highest BCUT2D eigenvalue weighted by molar-refractivity contribution is 9.10. The number of pyridine rings is 1. The van der Waals surface area contributed by atoms with Crippen molar-refractivity contribution in [2.24, 2.45) is 0 Å². The number of alkyl halides is 2. The summed E-state index contributed by atoms with van der Waals surface area (Å²) in [5.74, 6) is 0. The molecule has 1 aromatic heterocycles. The molecule has 74 valence electrons. The predicted molar refractivity (Wildman–Crippen MR) is 47.5 cm³/mol. The van der Waals surface area contributed by atoms with Crippen molar-refractivity contribution in [2.75, 3.05) is 0 Å². The molecule has 1 rings (SSSR count). The Morgan fingerprint density at radius 2 is 2.29 bits per heavy atom. The molecule has 0 aromatic carbocycles. The van der Waals surface area contributed by atoms with Crippen molar-refractivity contribution in [3.8, 4) is 6.07 Å². The second-order valence-electron chi connectivity index (χ2n) is 2.44. The topological polar surface area (TPSA) is 56.9 Å². The van der Waals surface area contributed by atoms with E-state index in [-0.39, 0.29) is 15.7 Å². The molecule has 1 heterocycles. The van der Waals surface area contributed by atoms with E-state index in [1.165, 1.54) is 6.07 Å². The number of hydrogen-bond acceptors (Lipinski definition) is 3. The molecule has 0 bridgehead atoms. The zero-order valence-electron chi connectivity index (χ0n) is 6.84. The first-order valence-electron chi connectivity index (χ1n) is 3.58. The van der Waals surface area contributed by atoms with Crippen molar-refractivity contribution in [3.63, 3.8) is 0 Å². The Balaban J connectivity index is 3.36. The molecule has 0 unspecified atom stereocenters. The third-order valence-electron chi connectivity index (χ3n) is 1.55. The average molecular weight is 263 g/mol. The maximum Gasteiger partial charge on any atom is 0.281 e. The summed E-state index contributed by atoms with van der Waals surface area (Å²) in [5, 5.41) is 17.3. The van der Waals surface area contributed by atoms with Crippen LogP contribution in [0.2, 0.25) is 0 Å². The fourth-order valence-electron chi connectivity index (χ4n) is 0.921. The van der Waals surface area contributed by atoms with Gasteiger partial charge in [0.25, 0.3) is 6.43 Å². The largest absolute Gasteiger partial charge is 0.392 e. The molecule has 0 spiro atoms. The number of rotatable bonds is 2. The quantitative estimate of drug-likeness (QED) is 0.889. The summed E-state index contributed by atoms with van der Waals surface area (Å²) in [6, 6.07) is 2.91. The van der Waals surface area contributed by atoms with Crippen molar-refractivity contribution in [3.05, 3.63) is 27.5 Å². The van der Waals surface area contributed by atoms with Gasteiger partial charge in [-0.05, 0) is 27.6 Å². The lowest BCUT2D eigenvalue weighted by molar-refractivity contribution is 0.144. The predicted octanol–water partition coefficient (Wildman–Crippen LogP) is 2.15. The number of nitrogens with zero attached hydrogens (tertiary/aromatic N) is 2. The summed E-state index contributed by atoms with van der Waals surface area (Å²) in [5.41, 5.74) is -0.424. The first-order valence-corrected chi connectivity index (χ1v) is 4.38. The molecule has 0 aliphatic carbocycles. The Hall–Kier alpha value is -1.06. The van der Waals surface area contributed by atoms with Crippen molar-refractivity contribution in [1.82, 2.24) is 4.98 Å². The Morgan fingerprint density at radius 3 is 2.71 bits per heavy atom. The molecular weight excluding hydrogens is 258 g/mol. The summed E-state index contributed by atoms with van der Waals surface area (Å²) < 4.78 is 24.8. The lowest BCUT2D eigenvalue weighted by Gasteiger charge is -2.06. The molecule has 0 saturated carbocycles. The molecule has 0 aliphatic rings. The highest BCUT2D eigenvalue weighted by Gasteiger charge is 2.17. The minimum absolute atomic E-state index is 0.0500. The second-order valence-corrected chi connectivity index (χ2v) is 3.23. The maximum absolute atomic E-state index is 12.4. The van der Waals surface area contributed by atoms with E-state index < -0.39 is 18.7 Å². The Labute approximate surface area is 87.1 Å². The summed E-state index contributed by atoms with van der Waals surface area (Å²) in [7, 11) is 0. The molecule has 3 nitrogen and oxygen atoms in total. The van der Waals surface area contributed by atoms with E-state index in [4.69, 9.17) is 10.4 Å². The highest BCUT2D eigenvalue weighted by atomic mass is 79.9. The monoisotopic (exact) mass is 262 g/mol. The van der Waals surface area contributed by atoms with Gasteiger partial charge < -0.3 is 5.11 Å². The van der Waals surface area contributed by atoms with Gasteiger partial charge in [-0.1, -0.05) is 0 Å². The average Bonchev–Trinajstić information content (AvgIpc) is 2.17. The van der Waals surface area contributed by atoms with Gasteiger partial charge in [0.2, 0.25) is 0 Å². The summed E-state index contributed by atoms with van der Waals surface area (Å²) in [6.45, 7) is -0.419. The van der Waals surface area contributed by atoms with Crippen molar-refractivity contribution < 1.29 is 13.9 Å². The van der Waals surface area contributed by atoms with Crippen molar-refractivity contribution in [1.29, 1.82) is 5.26 Å². The molecule has 1 aromatic rings. The van der Waals surface area contributed by atoms with E-state index in [1.807, 2.05) is 0 Å². The molecule has 1 N–H and O–H groups in total. The molecule has 0 fully saturated rings. The fourth-order valence-corrected chi connectivity index (χ4v) is 1.42.